The summed E-state index contributed by atoms with van der Waals surface area (Å²) in [5, 5.41) is 9.49. The van der Waals surface area contributed by atoms with Crippen LogP contribution in [-0.2, 0) is 5.92 Å². The van der Waals surface area contributed by atoms with Crippen molar-refractivity contribution in [3.05, 3.63) is 29.8 Å². The molecule has 1 aliphatic rings. The highest BCUT2D eigenvalue weighted by Crippen LogP contribution is 2.48. The maximum absolute atomic E-state index is 14.2. The second kappa shape index (κ2) is 3.70. The Balaban J connectivity index is 2.42. The number of nitrogens with two attached hydrogens (primary N) is 1. The van der Waals surface area contributed by atoms with Gasteiger partial charge in [0.15, 0.2) is 0 Å². The van der Waals surface area contributed by atoms with Crippen LogP contribution in [0.5, 0.6) is 5.75 Å². The highest BCUT2D eigenvalue weighted by atomic mass is 19.3. The minimum atomic E-state index is -3.17. The number of hydrogen-bond donors (Lipinski definition) is 2. The monoisotopic (exact) mass is 227 g/mol. The van der Waals surface area contributed by atoms with Gasteiger partial charge in [0.1, 0.15) is 5.75 Å². The van der Waals surface area contributed by atoms with Crippen LogP contribution in [-0.4, -0.2) is 10.6 Å². The molecule has 2 rings (SSSR count). The summed E-state index contributed by atoms with van der Waals surface area (Å²) in [6, 6.07) is 5.51. The third-order valence-electron chi connectivity index (χ3n) is 3.36. The van der Waals surface area contributed by atoms with Gasteiger partial charge in [0.25, 0.3) is 5.92 Å². The van der Waals surface area contributed by atoms with E-state index in [1.54, 1.807) is 0 Å². The normalized spacial score (nSPS) is 19.9. The van der Waals surface area contributed by atoms with E-state index in [1.807, 2.05) is 0 Å². The molecule has 0 bridgehead atoms. The summed E-state index contributed by atoms with van der Waals surface area (Å²) >= 11 is 0. The van der Waals surface area contributed by atoms with Gasteiger partial charge < -0.3 is 10.8 Å². The van der Waals surface area contributed by atoms with Crippen LogP contribution in [0.1, 0.15) is 31.2 Å². The van der Waals surface area contributed by atoms with Crippen LogP contribution in [0.25, 0.3) is 0 Å². The maximum atomic E-state index is 14.2. The molecule has 4 heteroatoms. The van der Waals surface area contributed by atoms with Crippen molar-refractivity contribution in [2.45, 2.75) is 37.1 Å². The molecule has 16 heavy (non-hydrogen) atoms. The van der Waals surface area contributed by atoms with E-state index in [4.69, 9.17) is 5.73 Å². The van der Waals surface area contributed by atoms with Gasteiger partial charge in [-0.2, -0.15) is 8.78 Å². The molecular formula is C12H15F2NO. The number of benzene rings is 1. The van der Waals surface area contributed by atoms with E-state index in [-0.39, 0.29) is 11.3 Å². The molecule has 1 fully saturated rings. The van der Waals surface area contributed by atoms with Gasteiger partial charge in [0, 0.05) is 0 Å². The highest BCUT2D eigenvalue weighted by Gasteiger charge is 2.54. The largest absolute Gasteiger partial charge is 0.507 e. The second-order valence-corrected chi connectivity index (χ2v) is 4.45. The van der Waals surface area contributed by atoms with Gasteiger partial charge in [-0.25, -0.2) is 0 Å². The van der Waals surface area contributed by atoms with Gasteiger partial charge in [-0.05, 0) is 25.0 Å². The van der Waals surface area contributed by atoms with Crippen molar-refractivity contribution < 1.29 is 13.9 Å². The number of phenolic OH excluding ortho intramolecular Hbond substituents is 1. The Labute approximate surface area is 93.1 Å². The molecule has 88 valence electrons. The number of aromatic hydroxyl groups is 1. The van der Waals surface area contributed by atoms with Crippen LogP contribution < -0.4 is 5.73 Å². The van der Waals surface area contributed by atoms with Crippen LogP contribution in [0.3, 0.4) is 0 Å². The van der Waals surface area contributed by atoms with Gasteiger partial charge in [-0.3, -0.25) is 0 Å². The zero-order valence-corrected chi connectivity index (χ0v) is 8.92. The van der Waals surface area contributed by atoms with Crippen molar-refractivity contribution in [3.63, 3.8) is 0 Å². The van der Waals surface area contributed by atoms with Crippen LogP contribution in [0.4, 0.5) is 8.78 Å². The molecule has 0 aromatic heterocycles. The summed E-state index contributed by atoms with van der Waals surface area (Å²) in [6.45, 7) is 0. The number of halogens is 2. The third-order valence-corrected chi connectivity index (χ3v) is 3.36. The lowest BCUT2D eigenvalue weighted by molar-refractivity contribution is -0.0809. The predicted octanol–water partition coefficient (Wildman–Crippen LogP) is 2.76. The van der Waals surface area contributed by atoms with E-state index in [0.717, 1.165) is 12.8 Å². The second-order valence-electron chi connectivity index (χ2n) is 4.45. The number of hydrogen-bond acceptors (Lipinski definition) is 2. The summed E-state index contributed by atoms with van der Waals surface area (Å²) in [7, 11) is 0. The van der Waals surface area contributed by atoms with Crippen molar-refractivity contribution in [1.29, 1.82) is 0 Å². The smallest absolute Gasteiger partial charge is 0.294 e. The van der Waals surface area contributed by atoms with Crippen LogP contribution in [0.2, 0.25) is 0 Å². The average molecular weight is 227 g/mol. The molecule has 0 atom stereocenters. The average Bonchev–Trinajstić information content (AvgIpc) is 2.67. The lowest BCUT2D eigenvalue weighted by Crippen LogP contribution is -2.51. The van der Waals surface area contributed by atoms with E-state index >= 15 is 0 Å². The number of para-hydroxylation sites is 1. The summed E-state index contributed by atoms with van der Waals surface area (Å²) in [5.74, 6) is -3.56. The molecule has 2 nitrogen and oxygen atoms in total. The minimum absolute atomic E-state index is 0.300. The Bertz CT molecular complexity index is 386. The summed E-state index contributed by atoms with van der Waals surface area (Å²) in [6.07, 6.45) is 2.04. The van der Waals surface area contributed by atoms with Crippen molar-refractivity contribution in [3.8, 4) is 5.75 Å². The quantitative estimate of drug-likeness (QED) is 0.816. The summed E-state index contributed by atoms with van der Waals surface area (Å²) in [4.78, 5) is 0. The molecule has 1 aromatic rings. The standard InChI is InChI=1S/C12H15F2NO/c13-12(14,11(15)7-3-4-8-11)9-5-1-2-6-10(9)16/h1-2,5-6,16H,3-4,7-8,15H2. The molecule has 1 aliphatic carbocycles. The zero-order valence-electron chi connectivity index (χ0n) is 8.92. The molecule has 0 amide bonds. The van der Waals surface area contributed by atoms with E-state index in [2.05, 4.69) is 0 Å². The SMILES string of the molecule is NC1(C(F)(F)c2ccccc2O)CCCC1. The Hall–Kier alpha value is -1.16. The predicted molar refractivity (Wildman–Crippen MR) is 57.4 cm³/mol. The van der Waals surface area contributed by atoms with Gasteiger partial charge in [-0.1, -0.05) is 25.0 Å². The lowest BCUT2D eigenvalue weighted by atomic mass is 9.85. The summed E-state index contributed by atoms with van der Waals surface area (Å²) in [5.41, 5.74) is 3.91. The Morgan fingerprint density at radius 1 is 1.19 bits per heavy atom. The minimum Gasteiger partial charge on any atom is -0.507 e. The first-order chi connectivity index (χ1) is 7.47. The van der Waals surface area contributed by atoms with E-state index in [1.165, 1.54) is 24.3 Å². The first kappa shape index (κ1) is 11.3. The Morgan fingerprint density at radius 2 is 1.75 bits per heavy atom. The first-order valence-electron chi connectivity index (χ1n) is 5.42. The van der Waals surface area contributed by atoms with Crippen LogP contribution >= 0.6 is 0 Å². The van der Waals surface area contributed by atoms with Gasteiger partial charge >= 0.3 is 0 Å². The fourth-order valence-electron chi connectivity index (χ4n) is 2.33. The molecular weight excluding hydrogens is 212 g/mol. The fourth-order valence-corrected chi connectivity index (χ4v) is 2.33. The van der Waals surface area contributed by atoms with E-state index in [9.17, 15) is 13.9 Å². The topological polar surface area (TPSA) is 46.2 Å². The zero-order chi connectivity index (χ0) is 11.8. The van der Waals surface area contributed by atoms with Gasteiger partial charge in [-0.15, -0.1) is 0 Å². The fraction of sp³-hybridized carbons (Fsp3) is 0.500. The Morgan fingerprint density at radius 3 is 2.31 bits per heavy atom. The molecule has 1 saturated carbocycles. The third kappa shape index (κ3) is 1.57. The van der Waals surface area contributed by atoms with Crippen molar-refractivity contribution in [1.82, 2.24) is 0 Å². The molecule has 1 aromatic carbocycles. The maximum Gasteiger partial charge on any atom is 0.294 e. The van der Waals surface area contributed by atoms with Crippen LogP contribution in [0, 0.1) is 0 Å². The molecule has 0 aliphatic heterocycles. The van der Waals surface area contributed by atoms with Gasteiger partial charge in [0.2, 0.25) is 0 Å². The summed E-state index contributed by atoms with van der Waals surface area (Å²) < 4.78 is 28.4. The highest BCUT2D eigenvalue weighted by molar-refractivity contribution is 5.38. The van der Waals surface area contributed by atoms with E-state index < -0.39 is 11.5 Å². The molecule has 0 spiro atoms. The Kier molecular flexibility index (Phi) is 2.62. The number of rotatable bonds is 2. The molecule has 0 radical (unpaired) electrons. The van der Waals surface area contributed by atoms with E-state index in [0.29, 0.717) is 12.8 Å². The molecule has 0 unspecified atom stereocenters. The number of phenols is 1. The lowest BCUT2D eigenvalue weighted by Gasteiger charge is -2.34. The van der Waals surface area contributed by atoms with Crippen molar-refractivity contribution in [2.24, 2.45) is 5.73 Å². The van der Waals surface area contributed by atoms with Crippen LogP contribution in [0.15, 0.2) is 24.3 Å². The molecule has 0 saturated heterocycles. The van der Waals surface area contributed by atoms with Crippen molar-refractivity contribution in [2.75, 3.05) is 0 Å². The molecule has 0 heterocycles. The number of alkyl halides is 2. The van der Waals surface area contributed by atoms with Crippen molar-refractivity contribution >= 4 is 0 Å². The molecule has 3 N–H and O–H groups in total. The van der Waals surface area contributed by atoms with Gasteiger partial charge in [0.05, 0.1) is 11.1 Å². The first-order valence-corrected chi connectivity index (χ1v) is 5.42.